The van der Waals surface area contributed by atoms with Gasteiger partial charge in [-0.2, -0.15) is 0 Å². The Morgan fingerprint density at radius 2 is 2.20 bits per heavy atom. The summed E-state index contributed by atoms with van der Waals surface area (Å²) in [5.41, 5.74) is -0.551. The minimum atomic E-state index is -0.685. The number of nitrogens with zero attached hydrogens (tertiary/aromatic N) is 2. The van der Waals surface area contributed by atoms with Crippen molar-refractivity contribution in [3.63, 3.8) is 0 Å². The van der Waals surface area contributed by atoms with Crippen molar-refractivity contribution in [2.45, 2.75) is 37.8 Å². The average molecular weight is 300 g/mol. The van der Waals surface area contributed by atoms with Crippen LogP contribution in [0.3, 0.4) is 0 Å². The second kappa shape index (κ2) is 6.15. The number of carbonyl (C=O) groups is 1. The highest BCUT2D eigenvalue weighted by atomic mass is 35.5. The zero-order valence-electron chi connectivity index (χ0n) is 10.6. The van der Waals surface area contributed by atoms with Crippen molar-refractivity contribution in [1.82, 2.24) is 10.3 Å². The van der Waals surface area contributed by atoms with Crippen LogP contribution in [0.5, 0.6) is 0 Å². The molecule has 7 nitrogen and oxygen atoms in total. The van der Waals surface area contributed by atoms with Gasteiger partial charge < -0.3 is 10.4 Å². The first-order valence-electron chi connectivity index (χ1n) is 6.28. The standard InChI is InChI=1S/C12H14ClN3O4/c13-11-5-7(9(6-14-11)16(19)20)12(18)15-8-3-1-2-4-10(8)17/h5-6,8,10,17H,1-4H2,(H,15,18)/t8-,10-/m0/s1. The molecular formula is C12H14ClN3O4. The Morgan fingerprint density at radius 1 is 1.50 bits per heavy atom. The van der Waals surface area contributed by atoms with Gasteiger partial charge in [-0.25, -0.2) is 4.98 Å². The van der Waals surface area contributed by atoms with Gasteiger partial charge in [0.15, 0.2) is 0 Å². The Kier molecular flexibility index (Phi) is 4.51. The number of amides is 1. The number of aromatic nitrogens is 1. The lowest BCUT2D eigenvalue weighted by Gasteiger charge is -2.28. The molecule has 1 saturated carbocycles. The third-order valence-electron chi connectivity index (χ3n) is 3.34. The van der Waals surface area contributed by atoms with Crippen molar-refractivity contribution in [3.8, 4) is 0 Å². The van der Waals surface area contributed by atoms with Gasteiger partial charge in [0.1, 0.15) is 16.9 Å². The molecule has 1 aromatic rings. The maximum Gasteiger partial charge on any atom is 0.300 e. The Hall–Kier alpha value is -1.73. The summed E-state index contributed by atoms with van der Waals surface area (Å²) in [7, 11) is 0. The first-order chi connectivity index (χ1) is 9.49. The molecule has 0 unspecified atom stereocenters. The molecule has 1 aliphatic carbocycles. The van der Waals surface area contributed by atoms with Crippen LogP contribution < -0.4 is 5.32 Å². The summed E-state index contributed by atoms with van der Waals surface area (Å²) in [4.78, 5) is 25.9. The summed E-state index contributed by atoms with van der Waals surface area (Å²) in [5, 5.41) is 23.3. The molecule has 1 aliphatic rings. The summed E-state index contributed by atoms with van der Waals surface area (Å²) < 4.78 is 0. The van der Waals surface area contributed by atoms with Crippen molar-refractivity contribution < 1.29 is 14.8 Å². The van der Waals surface area contributed by atoms with Crippen LogP contribution >= 0.6 is 11.6 Å². The molecule has 0 saturated heterocycles. The summed E-state index contributed by atoms with van der Waals surface area (Å²) in [5.74, 6) is -0.619. The fourth-order valence-corrected chi connectivity index (χ4v) is 2.43. The maximum absolute atomic E-state index is 12.1. The smallest absolute Gasteiger partial charge is 0.300 e. The third-order valence-corrected chi connectivity index (χ3v) is 3.54. The number of nitro groups is 1. The van der Waals surface area contributed by atoms with Gasteiger partial charge >= 0.3 is 0 Å². The molecule has 0 spiro atoms. The second-order valence-corrected chi connectivity index (χ2v) is 5.10. The van der Waals surface area contributed by atoms with E-state index in [1.807, 2.05) is 0 Å². The number of aliphatic hydroxyl groups is 1. The molecular weight excluding hydrogens is 286 g/mol. The van der Waals surface area contributed by atoms with E-state index >= 15 is 0 Å². The zero-order valence-corrected chi connectivity index (χ0v) is 11.3. The lowest BCUT2D eigenvalue weighted by molar-refractivity contribution is -0.385. The highest BCUT2D eigenvalue weighted by molar-refractivity contribution is 6.29. The van der Waals surface area contributed by atoms with E-state index in [2.05, 4.69) is 10.3 Å². The van der Waals surface area contributed by atoms with Gasteiger partial charge in [0.05, 0.1) is 17.1 Å². The maximum atomic E-state index is 12.1. The van der Waals surface area contributed by atoms with E-state index in [0.29, 0.717) is 12.8 Å². The lowest BCUT2D eigenvalue weighted by atomic mass is 9.92. The third kappa shape index (κ3) is 3.23. The minimum Gasteiger partial charge on any atom is -0.391 e. The molecule has 1 fully saturated rings. The van der Waals surface area contributed by atoms with Gasteiger partial charge in [-0.15, -0.1) is 0 Å². The van der Waals surface area contributed by atoms with Gasteiger partial charge in [-0.05, 0) is 18.9 Å². The number of hydrogen-bond donors (Lipinski definition) is 2. The first kappa shape index (κ1) is 14.7. The summed E-state index contributed by atoms with van der Waals surface area (Å²) in [6, 6.07) is 0.771. The van der Waals surface area contributed by atoms with Crippen LogP contribution in [-0.4, -0.2) is 33.1 Å². The van der Waals surface area contributed by atoms with Crippen molar-refractivity contribution >= 4 is 23.2 Å². The number of pyridine rings is 1. The van der Waals surface area contributed by atoms with E-state index in [1.165, 1.54) is 0 Å². The topological polar surface area (TPSA) is 105 Å². The monoisotopic (exact) mass is 299 g/mol. The van der Waals surface area contributed by atoms with Crippen molar-refractivity contribution in [1.29, 1.82) is 0 Å². The molecule has 0 radical (unpaired) electrons. The van der Waals surface area contributed by atoms with Crippen LogP contribution in [0.25, 0.3) is 0 Å². The number of nitrogens with one attached hydrogen (secondary N) is 1. The SMILES string of the molecule is O=C(N[C@H]1CCCC[C@@H]1O)c1cc(Cl)ncc1[N+](=O)[O-]. The van der Waals surface area contributed by atoms with E-state index in [9.17, 15) is 20.0 Å². The zero-order chi connectivity index (χ0) is 14.7. The Balaban J connectivity index is 2.20. The molecule has 0 aromatic carbocycles. The number of hydrogen-bond acceptors (Lipinski definition) is 5. The van der Waals surface area contributed by atoms with Gasteiger partial charge in [-0.3, -0.25) is 14.9 Å². The van der Waals surface area contributed by atoms with Crippen molar-refractivity contribution in [3.05, 3.63) is 33.1 Å². The lowest BCUT2D eigenvalue weighted by Crippen LogP contribution is -2.45. The Bertz CT molecular complexity index is 537. The fraction of sp³-hybridized carbons (Fsp3) is 0.500. The van der Waals surface area contributed by atoms with Crippen LogP contribution in [-0.2, 0) is 0 Å². The predicted octanol–water partition coefficient (Wildman–Crippen LogP) is 1.68. The molecule has 1 aromatic heterocycles. The number of halogens is 1. The molecule has 108 valence electrons. The predicted molar refractivity (Wildman–Crippen MR) is 71.6 cm³/mol. The Labute approximate surface area is 120 Å². The van der Waals surface area contributed by atoms with E-state index in [4.69, 9.17) is 11.6 Å². The van der Waals surface area contributed by atoms with E-state index < -0.39 is 22.6 Å². The molecule has 20 heavy (non-hydrogen) atoms. The molecule has 8 heteroatoms. The largest absolute Gasteiger partial charge is 0.391 e. The summed E-state index contributed by atoms with van der Waals surface area (Å²) in [6.45, 7) is 0. The number of carbonyl (C=O) groups excluding carboxylic acids is 1. The Morgan fingerprint density at radius 3 is 2.85 bits per heavy atom. The van der Waals surface area contributed by atoms with E-state index in [-0.39, 0.29) is 16.8 Å². The van der Waals surface area contributed by atoms with Crippen LogP contribution in [0.1, 0.15) is 36.0 Å². The van der Waals surface area contributed by atoms with E-state index in [1.54, 1.807) is 0 Å². The fourth-order valence-electron chi connectivity index (χ4n) is 2.28. The number of aliphatic hydroxyl groups excluding tert-OH is 1. The highest BCUT2D eigenvalue weighted by Crippen LogP contribution is 2.22. The summed E-state index contributed by atoms with van der Waals surface area (Å²) >= 11 is 5.67. The molecule has 1 heterocycles. The molecule has 1 amide bonds. The number of rotatable bonds is 3. The highest BCUT2D eigenvalue weighted by Gasteiger charge is 2.28. The van der Waals surface area contributed by atoms with Crippen LogP contribution in [0.4, 0.5) is 5.69 Å². The van der Waals surface area contributed by atoms with Crippen LogP contribution in [0.2, 0.25) is 5.15 Å². The van der Waals surface area contributed by atoms with Gasteiger partial charge in [0, 0.05) is 0 Å². The molecule has 2 rings (SSSR count). The molecule has 2 atom stereocenters. The molecule has 0 aliphatic heterocycles. The molecule has 0 bridgehead atoms. The van der Waals surface area contributed by atoms with Crippen LogP contribution in [0, 0.1) is 10.1 Å². The average Bonchev–Trinajstić information content (AvgIpc) is 2.40. The molecule has 2 N–H and O–H groups in total. The quantitative estimate of drug-likeness (QED) is 0.502. The first-order valence-corrected chi connectivity index (χ1v) is 6.65. The van der Waals surface area contributed by atoms with Crippen molar-refractivity contribution in [2.75, 3.05) is 0 Å². The van der Waals surface area contributed by atoms with E-state index in [0.717, 1.165) is 25.1 Å². The normalized spacial score (nSPS) is 22.3. The van der Waals surface area contributed by atoms with Gasteiger partial charge in [-0.1, -0.05) is 24.4 Å². The van der Waals surface area contributed by atoms with Crippen molar-refractivity contribution in [2.24, 2.45) is 0 Å². The van der Waals surface area contributed by atoms with Gasteiger partial charge in [0.2, 0.25) is 0 Å². The van der Waals surface area contributed by atoms with Crippen LogP contribution in [0.15, 0.2) is 12.3 Å². The summed E-state index contributed by atoms with van der Waals surface area (Å²) in [6.07, 6.45) is 3.41. The van der Waals surface area contributed by atoms with Gasteiger partial charge in [0.25, 0.3) is 11.6 Å². The second-order valence-electron chi connectivity index (χ2n) is 4.71. The minimum absolute atomic E-state index is 0.00458.